The van der Waals surface area contributed by atoms with Gasteiger partial charge in [0.2, 0.25) is 15.9 Å². The van der Waals surface area contributed by atoms with E-state index >= 15 is 0 Å². The van der Waals surface area contributed by atoms with Gasteiger partial charge in [-0.1, -0.05) is 12.1 Å². The van der Waals surface area contributed by atoms with Crippen LogP contribution in [0.25, 0.3) is 0 Å². The molecule has 1 aromatic carbocycles. The molecule has 0 spiro atoms. The summed E-state index contributed by atoms with van der Waals surface area (Å²) in [4.78, 5) is 11.9. The second kappa shape index (κ2) is 5.47. The Morgan fingerprint density at radius 3 is 2.71 bits per heavy atom. The van der Waals surface area contributed by atoms with Gasteiger partial charge in [0.05, 0.1) is 15.9 Å². The minimum absolute atomic E-state index is 0.00587. The monoisotopic (exact) mass is 307 g/mol. The molecule has 1 unspecified atom stereocenters. The maximum atomic E-state index is 12.7. The zero-order chi connectivity index (χ0) is 15.7. The van der Waals surface area contributed by atoms with E-state index in [1.165, 1.54) is 23.5 Å². The van der Waals surface area contributed by atoms with Crippen LogP contribution in [0.15, 0.2) is 29.2 Å². The Kier molecular flexibility index (Phi) is 4.03. The minimum atomic E-state index is -3.76. The highest BCUT2D eigenvalue weighted by Gasteiger charge is 2.44. The Hall–Kier alpha value is -1.91. The van der Waals surface area contributed by atoms with Crippen LogP contribution in [0.2, 0.25) is 0 Å². The summed E-state index contributed by atoms with van der Waals surface area (Å²) < 4.78 is 26.6. The summed E-state index contributed by atoms with van der Waals surface area (Å²) in [6.07, 6.45) is 0.459. The molecule has 0 radical (unpaired) electrons. The number of carbonyl (C=O) groups is 1. The molecule has 1 heterocycles. The van der Waals surface area contributed by atoms with Crippen molar-refractivity contribution in [3.63, 3.8) is 0 Å². The average molecular weight is 307 g/mol. The fraction of sp³-hybridized carbons (Fsp3) is 0.429. The minimum Gasteiger partial charge on any atom is -0.359 e. The second-order valence-corrected chi connectivity index (χ2v) is 7.24. The van der Waals surface area contributed by atoms with Gasteiger partial charge in [0.25, 0.3) is 0 Å². The summed E-state index contributed by atoms with van der Waals surface area (Å²) in [6.45, 7) is 2.14. The van der Waals surface area contributed by atoms with Crippen LogP contribution < -0.4 is 5.32 Å². The van der Waals surface area contributed by atoms with Gasteiger partial charge in [0.15, 0.2) is 0 Å². The summed E-state index contributed by atoms with van der Waals surface area (Å²) in [6, 6.07) is 7.99. The Labute approximate surface area is 124 Å². The van der Waals surface area contributed by atoms with Crippen molar-refractivity contribution >= 4 is 15.9 Å². The van der Waals surface area contributed by atoms with Crippen molar-refractivity contribution in [1.29, 1.82) is 5.26 Å². The van der Waals surface area contributed by atoms with Crippen molar-refractivity contribution in [2.24, 2.45) is 5.41 Å². The molecule has 1 aliphatic rings. The van der Waals surface area contributed by atoms with Crippen molar-refractivity contribution < 1.29 is 13.2 Å². The molecule has 0 saturated carbocycles. The number of nitriles is 1. The molecule has 0 bridgehead atoms. The quantitative estimate of drug-likeness (QED) is 0.890. The first-order valence-electron chi connectivity index (χ1n) is 6.56. The van der Waals surface area contributed by atoms with E-state index in [1.807, 2.05) is 6.07 Å². The average Bonchev–Trinajstić information content (AvgIpc) is 2.90. The lowest BCUT2D eigenvalue weighted by atomic mass is 9.89. The summed E-state index contributed by atoms with van der Waals surface area (Å²) in [5.74, 6) is -0.172. The van der Waals surface area contributed by atoms with Gasteiger partial charge >= 0.3 is 0 Å². The van der Waals surface area contributed by atoms with Crippen LogP contribution in [0.3, 0.4) is 0 Å². The number of carbonyl (C=O) groups excluding carboxylic acids is 1. The maximum absolute atomic E-state index is 12.7. The van der Waals surface area contributed by atoms with Gasteiger partial charge in [-0.2, -0.15) is 9.57 Å². The predicted octanol–water partition coefficient (Wildman–Crippen LogP) is 0.705. The van der Waals surface area contributed by atoms with Gasteiger partial charge in [-0.3, -0.25) is 4.79 Å². The second-order valence-electron chi connectivity index (χ2n) is 5.34. The number of sulfonamides is 1. The van der Waals surface area contributed by atoms with Gasteiger partial charge in [-0.05, 0) is 25.5 Å². The van der Waals surface area contributed by atoms with E-state index < -0.39 is 15.4 Å². The van der Waals surface area contributed by atoms with Gasteiger partial charge in [-0.15, -0.1) is 0 Å². The standard InChI is InChI=1S/C14H17N3O3S/c1-14(13(18)16-2)7-8-17(10-14)21(19,20)12-6-4-3-5-11(12)9-15/h3-6H,7-8,10H2,1-2H3,(H,16,18). The van der Waals surface area contributed by atoms with Crippen LogP contribution >= 0.6 is 0 Å². The molecule has 1 aromatic rings. The molecule has 7 heteroatoms. The van der Waals surface area contributed by atoms with E-state index in [0.29, 0.717) is 6.42 Å². The fourth-order valence-corrected chi connectivity index (χ4v) is 4.24. The normalized spacial score (nSPS) is 22.7. The van der Waals surface area contributed by atoms with E-state index in [0.717, 1.165) is 0 Å². The molecule has 0 aliphatic carbocycles. The fourth-order valence-electron chi connectivity index (χ4n) is 2.53. The van der Waals surface area contributed by atoms with Crippen molar-refractivity contribution in [3.8, 4) is 6.07 Å². The third-order valence-corrected chi connectivity index (χ3v) is 5.74. The molecule has 2 rings (SSSR count). The smallest absolute Gasteiger partial charge is 0.244 e. The Bertz CT molecular complexity index is 708. The van der Waals surface area contributed by atoms with E-state index in [1.54, 1.807) is 19.1 Å². The Balaban J connectivity index is 2.35. The molecule has 112 valence electrons. The molecular weight excluding hydrogens is 290 g/mol. The molecule has 1 N–H and O–H groups in total. The van der Waals surface area contributed by atoms with Gasteiger partial charge in [-0.25, -0.2) is 8.42 Å². The van der Waals surface area contributed by atoms with Crippen LogP contribution in [0.5, 0.6) is 0 Å². The zero-order valence-electron chi connectivity index (χ0n) is 12.0. The molecule has 0 aromatic heterocycles. The van der Waals surface area contributed by atoms with Gasteiger partial charge < -0.3 is 5.32 Å². The van der Waals surface area contributed by atoms with E-state index in [2.05, 4.69) is 5.32 Å². The van der Waals surface area contributed by atoms with Crippen molar-refractivity contribution in [2.45, 2.75) is 18.2 Å². The highest BCUT2D eigenvalue weighted by Crippen LogP contribution is 2.34. The number of amides is 1. The molecule has 6 nitrogen and oxygen atoms in total. The van der Waals surface area contributed by atoms with Crippen LogP contribution in [0, 0.1) is 16.7 Å². The molecule has 21 heavy (non-hydrogen) atoms. The molecular formula is C14H17N3O3S. The third kappa shape index (κ3) is 2.64. The highest BCUT2D eigenvalue weighted by atomic mass is 32.2. The zero-order valence-corrected chi connectivity index (χ0v) is 12.8. The third-order valence-electron chi connectivity index (χ3n) is 3.84. The summed E-state index contributed by atoms with van der Waals surface area (Å²) in [5, 5.41) is 11.6. The lowest BCUT2D eigenvalue weighted by molar-refractivity contribution is -0.128. The highest BCUT2D eigenvalue weighted by molar-refractivity contribution is 7.89. The maximum Gasteiger partial charge on any atom is 0.244 e. The molecule has 1 atom stereocenters. The van der Waals surface area contributed by atoms with Crippen LogP contribution in [0.1, 0.15) is 18.9 Å². The number of rotatable bonds is 3. The molecule has 1 aliphatic heterocycles. The Morgan fingerprint density at radius 1 is 1.43 bits per heavy atom. The van der Waals surface area contributed by atoms with Crippen molar-refractivity contribution in [1.82, 2.24) is 9.62 Å². The largest absolute Gasteiger partial charge is 0.359 e. The van der Waals surface area contributed by atoms with Crippen LogP contribution in [-0.4, -0.2) is 38.8 Å². The number of hydrogen-bond acceptors (Lipinski definition) is 4. The van der Waals surface area contributed by atoms with E-state index in [4.69, 9.17) is 5.26 Å². The van der Waals surface area contributed by atoms with Crippen molar-refractivity contribution in [2.75, 3.05) is 20.1 Å². The first kappa shape index (κ1) is 15.5. The molecule has 1 amide bonds. The van der Waals surface area contributed by atoms with E-state index in [9.17, 15) is 13.2 Å². The van der Waals surface area contributed by atoms with Gasteiger partial charge in [0, 0.05) is 20.1 Å². The number of nitrogens with zero attached hydrogens (tertiary/aromatic N) is 2. The lowest BCUT2D eigenvalue weighted by Crippen LogP contribution is -2.40. The van der Waals surface area contributed by atoms with Crippen LogP contribution in [0.4, 0.5) is 0 Å². The molecule has 1 fully saturated rings. The first-order chi connectivity index (χ1) is 9.85. The first-order valence-corrected chi connectivity index (χ1v) is 8.00. The Morgan fingerprint density at radius 2 is 2.10 bits per heavy atom. The SMILES string of the molecule is CNC(=O)C1(C)CCN(S(=O)(=O)c2ccccc2C#N)C1. The van der Waals surface area contributed by atoms with Crippen molar-refractivity contribution in [3.05, 3.63) is 29.8 Å². The number of nitrogens with one attached hydrogen (secondary N) is 1. The molecule has 1 saturated heterocycles. The summed E-state index contributed by atoms with van der Waals surface area (Å²) in [7, 11) is -2.23. The number of benzene rings is 1. The van der Waals surface area contributed by atoms with Crippen LogP contribution in [-0.2, 0) is 14.8 Å². The predicted molar refractivity (Wildman–Crippen MR) is 76.7 cm³/mol. The topological polar surface area (TPSA) is 90.3 Å². The summed E-state index contributed by atoms with van der Waals surface area (Å²) in [5.41, 5.74) is -0.616. The number of hydrogen-bond donors (Lipinski definition) is 1. The van der Waals surface area contributed by atoms with E-state index in [-0.39, 0.29) is 29.5 Å². The summed E-state index contributed by atoms with van der Waals surface area (Å²) >= 11 is 0. The van der Waals surface area contributed by atoms with Gasteiger partial charge in [0.1, 0.15) is 6.07 Å². The lowest BCUT2D eigenvalue weighted by Gasteiger charge is -2.22.